The van der Waals surface area contributed by atoms with E-state index in [-0.39, 0.29) is 45.6 Å². The number of carbonyl (C=O) groups is 6. The van der Waals surface area contributed by atoms with Crippen molar-refractivity contribution in [3.8, 4) is 0 Å². The molecule has 2 amide bonds. The third-order valence-corrected chi connectivity index (χ3v) is 14.1. The summed E-state index contributed by atoms with van der Waals surface area (Å²) < 4.78 is 270. The van der Waals surface area contributed by atoms with E-state index in [0.717, 1.165) is 6.08 Å². The number of rotatable bonds is 32. The van der Waals surface area contributed by atoms with Gasteiger partial charge in [-0.15, -0.1) is 0 Å². The molecule has 0 aromatic rings. The van der Waals surface area contributed by atoms with E-state index in [1.165, 1.54) is 0 Å². The molecule has 1 rings (SSSR count). The number of carboxylic acid groups (broad SMARTS) is 1. The van der Waals surface area contributed by atoms with Crippen LogP contribution in [0.15, 0.2) is 6.08 Å². The van der Waals surface area contributed by atoms with Crippen molar-refractivity contribution in [2.75, 3.05) is 85.1 Å². The van der Waals surface area contributed by atoms with Crippen LogP contribution < -0.4 is 22.2 Å². The summed E-state index contributed by atoms with van der Waals surface area (Å²) in [4.78, 5) is 89.4. The van der Waals surface area contributed by atoms with Crippen molar-refractivity contribution in [3.05, 3.63) is 6.08 Å². The van der Waals surface area contributed by atoms with Crippen LogP contribution in [0.25, 0.3) is 0 Å². The molecule has 0 radical (unpaired) electrons. The Balaban J connectivity index is 0.00000191. The minimum Gasteiger partial charge on any atom is -0.480 e. The summed E-state index contributed by atoms with van der Waals surface area (Å²) in [7, 11) is -7.35. The Labute approximate surface area is 513 Å². The van der Waals surface area contributed by atoms with E-state index in [0.29, 0.717) is 37.4 Å². The van der Waals surface area contributed by atoms with Gasteiger partial charge in [-0.1, -0.05) is 0 Å². The standard InChI is InChI=1S/C38H69N5O11.C13H10F17N3O3S/c1-35(2,3)51-30(45)16-21-42(25-31(46)52-36(4,5)6)22-19-40-20-23-43(27-32(47)53-37(7,8)9,41-29(33(48)49)15-13-14-18-39)26-28(17-24-44)34(50)54-38(10,11)12;14-6(15,8(18,19)10(22,23)12(26,27)28)7(16,17)9(20,21)11(24,25)13(29,30)37(35,36)33-3-1-32(2-4-33)5(31)34/h17,28-29,40-41H,13-16,18-23,25-27,39H2,1-12H3;1-4H2,(H2,31,34)/p+1/t28?,29-,43?;/m0./s1. The van der Waals surface area contributed by atoms with Crippen molar-refractivity contribution in [1.29, 1.82) is 0 Å². The first kappa shape index (κ1) is 85.6. The number of nitrogens with one attached hydrogen (secondary N) is 2. The Bertz CT molecular complexity index is 2620. The largest absolute Gasteiger partial charge is 0.480 e. The van der Waals surface area contributed by atoms with Gasteiger partial charge in [0.1, 0.15) is 47.4 Å². The average Bonchev–Trinajstić information content (AvgIpc) is 0.693. The fraction of sp³-hybridized carbons (Fsp3) is 0.843. The number of esters is 4. The number of aliphatic carboxylic acids is 1. The van der Waals surface area contributed by atoms with Crippen LogP contribution in [0.5, 0.6) is 0 Å². The quantitative estimate of drug-likeness (QED) is 0.00910. The number of quaternary nitrogens is 1. The maximum Gasteiger partial charge on any atom is 0.460 e. The predicted molar refractivity (Wildman–Crippen MR) is 286 cm³/mol. The van der Waals surface area contributed by atoms with Gasteiger partial charge in [-0.3, -0.25) is 24.1 Å². The van der Waals surface area contributed by atoms with Crippen molar-refractivity contribution in [1.82, 2.24) is 24.8 Å². The zero-order chi connectivity index (χ0) is 72.0. The molecule has 1 aliphatic rings. The van der Waals surface area contributed by atoms with E-state index in [4.69, 9.17) is 30.4 Å². The van der Waals surface area contributed by atoms with Gasteiger partial charge in [0.05, 0.1) is 13.0 Å². The molecule has 91 heavy (non-hydrogen) atoms. The van der Waals surface area contributed by atoms with Gasteiger partial charge in [0.15, 0.2) is 12.6 Å². The molecule has 1 aliphatic heterocycles. The highest BCUT2D eigenvalue weighted by Crippen LogP contribution is 2.64. The van der Waals surface area contributed by atoms with Crippen molar-refractivity contribution >= 4 is 51.8 Å². The minimum atomic E-state index is -8.88. The number of hydrogen-bond donors (Lipinski definition) is 5. The Morgan fingerprint density at radius 3 is 1.48 bits per heavy atom. The second-order valence-electron chi connectivity index (χ2n) is 24.7. The smallest absolute Gasteiger partial charge is 0.460 e. The summed E-state index contributed by atoms with van der Waals surface area (Å²) in [5.41, 5.74) is 10.4. The van der Waals surface area contributed by atoms with E-state index < -0.39 is 169 Å². The zero-order valence-corrected chi connectivity index (χ0v) is 52.6. The summed E-state index contributed by atoms with van der Waals surface area (Å²) >= 11 is 0. The van der Waals surface area contributed by atoms with Gasteiger partial charge in [-0.05, 0) is 109 Å². The molecule has 1 saturated heterocycles. The number of hydrogen-bond acceptors (Lipinski definition) is 17. The van der Waals surface area contributed by atoms with Crippen LogP contribution in [-0.2, 0) is 57.7 Å². The number of ether oxygens (including phenoxy) is 4. The maximum absolute atomic E-state index is 14.1. The first-order valence-electron chi connectivity index (χ1n) is 27.3. The highest BCUT2D eigenvalue weighted by Gasteiger charge is 2.96. The third kappa shape index (κ3) is 23.8. The summed E-state index contributed by atoms with van der Waals surface area (Å²) in [5.74, 6) is -54.8. The Morgan fingerprint density at radius 1 is 0.626 bits per heavy atom. The molecule has 0 aromatic carbocycles. The van der Waals surface area contributed by atoms with Crippen LogP contribution in [0.4, 0.5) is 79.4 Å². The van der Waals surface area contributed by atoms with Gasteiger partial charge >= 0.3 is 82.8 Å². The maximum atomic E-state index is 14.1. The molecule has 40 heteroatoms. The summed E-state index contributed by atoms with van der Waals surface area (Å²) in [6.45, 7) is 16.5. The molecule has 0 spiro atoms. The molecular formula is C51H80F17N8O14S+. The van der Waals surface area contributed by atoms with Crippen LogP contribution in [0.1, 0.15) is 109 Å². The van der Waals surface area contributed by atoms with Crippen molar-refractivity contribution < 1.29 is 145 Å². The lowest BCUT2D eigenvalue weighted by atomic mass is 9.91. The molecule has 532 valence electrons. The fourth-order valence-corrected chi connectivity index (χ4v) is 9.28. The van der Waals surface area contributed by atoms with Gasteiger partial charge in [0.25, 0.3) is 10.0 Å². The zero-order valence-electron chi connectivity index (χ0n) is 51.8. The van der Waals surface area contributed by atoms with E-state index in [9.17, 15) is 122 Å². The van der Waals surface area contributed by atoms with Crippen molar-refractivity contribution in [2.45, 2.75) is 184 Å². The second-order valence-corrected chi connectivity index (χ2v) is 26.6. The molecule has 0 bridgehead atoms. The van der Waals surface area contributed by atoms with Crippen LogP contribution in [-0.4, -0.2) is 235 Å². The highest BCUT2D eigenvalue weighted by molar-refractivity contribution is 7.90. The third-order valence-electron chi connectivity index (χ3n) is 12.1. The lowest BCUT2D eigenvalue weighted by Gasteiger charge is -2.43. The molecule has 2 unspecified atom stereocenters. The molecule has 7 N–H and O–H groups in total. The summed E-state index contributed by atoms with van der Waals surface area (Å²) in [6, 6.07) is -2.50. The Morgan fingerprint density at radius 2 is 1.07 bits per heavy atom. The first-order chi connectivity index (χ1) is 40.5. The number of piperazine rings is 1. The van der Waals surface area contributed by atoms with Crippen LogP contribution in [0, 0.1) is 5.92 Å². The van der Waals surface area contributed by atoms with E-state index in [1.54, 1.807) is 93.9 Å². The van der Waals surface area contributed by atoms with Gasteiger partial charge in [0.2, 0.25) is 0 Å². The Hall–Kier alpha value is -5.41. The first-order valence-corrected chi connectivity index (χ1v) is 28.8. The molecule has 0 saturated carbocycles. The van der Waals surface area contributed by atoms with E-state index in [2.05, 4.69) is 10.7 Å². The lowest BCUT2D eigenvalue weighted by molar-refractivity contribution is -0.965. The number of unbranched alkanes of at least 4 members (excludes halogenated alkanes) is 1. The molecule has 22 nitrogen and oxygen atoms in total. The van der Waals surface area contributed by atoms with Crippen molar-refractivity contribution in [3.63, 3.8) is 0 Å². The van der Waals surface area contributed by atoms with Crippen LogP contribution >= 0.6 is 0 Å². The fourth-order valence-electron chi connectivity index (χ4n) is 7.86. The molecule has 1 heterocycles. The monoisotopic (exact) mass is 1380 g/mol. The highest BCUT2D eigenvalue weighted by atomic mass is 32.2. The normalized spacial score (nSPS) is 16.3. The predicted octanol–water partition coefficient (Wildman–Crippen LogP) is 6.52. The topological polar surface area (TPSA) is 297 Å². The summed E-state index contributed by atoms with van der Waals surface area (Å²) in [6.07, 6.45) is -5.63. The molecule has 0 aromatic heterocycles. The number of amides is 2. The second kappa shape index (κ2) is 31.7. The van der Waals surface area contributed by atoms with Gasteiger partial charge in [0, 0.05) is 58.4 Å². The number of halogens is 17. The van der Waals surface area contributed by atoms with Gasteiger partial charge < -0.3 is 45.7 Å². The summed E-state index contributed by atoms with van der Waals surface area (Å²) in [5, 5.41) is 5.92. The number of nitrogens with zero attached hydrogens (tertiary/aromatic N) is 4. The van der Waals surface area contributed by atoms with E-state index >= 15 is 0 Å². The van der Waals surface area contributed by atoms with Gasteiger partial charge in [-0.25, -0.2) is 27.4 Å². The SMILES string of the molecule is CC(C)(C)OC(=O)CCN(CCNCC[N+](CC(=O)OC(C)(C)C)(CC(C=C=O)C(=O)OC(C)(C)C)N[C@@H](CCCCN)C(=O)O)CC(=O)OC(C)(C)C.NC(=O)N1CCN(S(=O)(=O)C(F)(F)C(F)(F)C(F)(F)C(F)(F)C(F)(F)C(F)(F)C(F)(F)C(F)(F)F)CC1. The average molecular weight is 1380 g/mol. The molecule has 1 fully saturated rings. The molecule has 0 aliphatic carbocycles. The lowest BCUT2D eigenvalue weighted by Crippen LogP contribution is -2.75. The number of carbonyl (C=O) groups excluding carboxylic acids is 6. The Kier molecular flexibility index (Phi) is 29.8. The number of nitrogens with two attached hydrogens (primary N) is 2. The number of alkyl halides is 17. The van der Waals surface area contributed by atoms with Crippen molar-refractivity contribution in [2.24, 2.45) is 17.4 Å². The number of urea groups is 1. The molecule has 3 atom stereocenters. The number of primary amides is 1. The number of sulfonamides is 1. The molecular weight excluding hydrogens is 1300 g/mol. The van der Waals surface area contributed by atoms with Crippen LogP contribution in [0.2, 0.25) is 0 Å². The minimum absolute atomic E-state index is 0.0386. The van der Waals surface area contributed by atoms with E-state index in [1.807, 2.05) is 0 Å². The van der Waals surface area contributed by atoms with Crippen LogP contribution in [0.3, 0.4) is 0 Å². The van der Waals surface area contributed by atoms with Gasteiger partial charge in [-0.2, -0.15) is 84.4 Å². The number of carboxylic acids is 1.